The van der Waals surface area contributed by atoms with Crippen molar-refractivity contribution >= 4 is 0 Å². The molecule has 0 bridgehead atoms. The summed E-state index contributed by atoms with van der Waals surface area (Å²) < 4.78 is 2.31. The maximum Gasteiger partial charge on any atom is 0.112 e. The fourth-order valence-electron chi connectivity index (χ4n) is 2.90. The Hall–Kier alpha value is -0.790. The molecule has 1 aliphatic heterocycles. The van der Waals surface area contributed by atoms with Crippen LogP contribution in [0.5, 0.6) is 0 Å². The summed E-state index contributed by atoms with van der Waals surface area (Å²) in [7, 11) is 0. The Balaban J connectivity index is 2.03. The van der Waals surface area contributed by atoms with E-state index in [1.807, 2.05) is 6.20 Å². The summed E-state index contributed by atoms with van der Waals surface area (Å²) in [5, 5.41) is 0. The highest BCUT2D eigenvalue weighted by atomic mass is 15.1. The Kier molecular flexibility index (Phi) is 0.980. The Morgan fingerprint density at radius 1 is 1.75 bits per heavy atom. The Bertz CT molecular complexity index is 328. The summed E-state index contributed by atoms with van der Waals surface area (Å²) in [5.41, 5.74) is 0.585. The molecule has 64 valence electrons. The van der Waals surface area contributed by atoms with Gasteiger partial charge in [-0.15, -0.1) is 0 Å². The second kappa shape index (κ2) is 1.76. The molecule has 3 unspecified atom stereocenters. The highest BCUT2D eigenvalue weighted by molar-refractivity contribution is 5.27. The number of rotatable bonds is 1. The van der Waals surface area contributed by atoms with Gasteiger partial charge in [0.05, 0.1) is 0 Å². The molecule has 0 spiro atoms. The molecule has 0 amide bonds. The monoisotopic (exact) mass is 162 g/mol. The molecule has 2 heteroatoms. The Morgan fingerprint density at radius 2 is 2.58 bits per heavy atom. The number of nitrogens with zero attached hydrogens (tertiary/aromatic N) is 2. The molecule has 1 fully saturated rings. The van der Waals surface area contributed by atoms with E-state index < -0.39 is 0 Å². The van der Waals surface area contributed by atoms with E-state index in [2.05, 4.69) is 29.6 Å². The molecule has 1 aromatic rings. The van der Waals surface area contributed by atoms with Gasteiger partial charge in [-0.25, -0.2) is 4.98 Å². The molecule has 3 rings (SSSR count). The van der Waals surface area contributed by atoms with Crippen LogP contribution < -0.4 is 0 Å². The first-order valence-corrected chi connectivity index (χ1v) is 4.78. The van der Waals surface area contributed by atoms with Gasteiger partial charge in [0.15, 0.2) is 0 Å². The third-order valence-electron chi connectivity index (χ3n) is 4.03. The fourth-order valence-corrected chi connectivity index (χ4v) is 2.90. The minimum atomic E-state index is 0.585. The summed E-state index contributed by atoms with van der Waals surface area (Å²) in [6.07, 6.45) is 5.34. The van der Waals surface area contributed by atoms with Gasteiger partial charge < -0.3 is 4.57 Å². The number of hydrogen-bond donors (Lipinski definition) is 0. The lowest BCUT2D eigenvalue weighted by Gasteiger charge is -2.12. The molecule has 2 nitrogen and oxygen atoms in total. The van der Waals surface area contributed by atoms with E-state index in [1.165, 1.54) is 18.8 Å². The minimum absolute atomic E-state index is 0.585. The number of imidazole rings is 1. The normalized spacial score (nSPS) is 42.5. The number of fused-ring (bicyclic) bond motifs is 3. The highest BCUT2D eigenvalue weighted by Gasteiger charge is 2.65. The average Bonchev–Trinajstić information content (AvgIpc) is 2.49. The van der Waals surface area contributed by atoms with Gasteiger partial charge in [0.1, 0.15) is 5.82 Å². The first kappa shape index (κ1) is 6.70. The lowest BCUT2D eigenvalue weighted by molar-refractivity contribution is 0.423. The van der Waals surface area contributed by atoms with Crippen molar-refractivity contribution in [2.24, 2.45) is 11.3 Å². The lowest BCUT2D eigenvalue weighted by Crippen LogP contribution is -2.08. The average molecular weight is 162 g/mol. The van der Waals surface area contributed by atoms with Gasteiger partial charge in [0, 0.05) is 24.9 Å². The second-order valence-electron chi connectivity index (χ2n) is 4.38. The van der Waals surface area contributed by atoms with E-state index >= 15 is 0 Å². The van der Waals surface area contributed by atoms with Crippen LogP contribution in [0.4, 0.5) is 0 Å². The van der Waals surface area contributed by atoms with Gasteiger partial charge in [0.2, 0.25) is 0 Å². The SMILES string of the molecule is CCC1(C)C2Cn3ccnc3C21. The summed E-state index contributed by atoms with van der Waals surface area (Å²) in [5.74, 6) is 3.01. The van der Waals surface area contributed by atoms with Gasteiger partial charge in [-0.2, -0.15) is 0 Å². The zero-order valence-corrected chi connectivity index (χ0v) is 7.62. The second-order valence-corrected chi connectivity index (χ2v) is 4.38. The molecule has 1 saturated carbocycles. The van der Waals surface area contributed by atoms with Gasteiger partial charge in [0.25, 0.3) is 0 Å². The van der Waals surface area contributed by atoms with Crippen molar-refractivity contribution in [3.8, 4) is 0 Å². The van der Waals surface area contributed by atoms with Crippen molar-refractivity contribution in [2.75, 3.05) is 0 Å². The summed E-state index contributed by atoms with van der Waals surface area (Å²) in [6.45, 7) is 5.91. The fraction of sp³-hybridized carbons (Fsp3) is 0.700. The van der Waals surface area contributed by atoms with Crippen LogP contribution in [0.25, 0.3) is 0 Å². The van der Waals surface area contributed by atoms with E-state index in [1.54, 1.807) is 0 Å². The van der Waals surface area contributed by atoms with E-state index in [4.69, 9.17) is 0 Å². The van der Waals surface area contributed by atoms with Crippen LogP contribution in [-0.2, 0) is 6.54 Å². The molecule has 0 aromatic carbocycles. The van der Waals surface area contributed by atoms with Crippen molar-refractivity contribution in [2.45, 2.75) is 32.7 Å². The van der Waals surface area contributed by atoms with Crippen molar-refractivity contribution in [1.29, 1.82) is 0 Å². The maximum atomic E-state index is 4.43. The predicted molar refractivity (Wildman–Crippen MR) is 46.9 cm³/mol. The van der Waals surface area contributed by atoms with Crippen LogP contribution >= 0.6 is 0 Å². The van der Waals surface area contributed by atoms with Crippen molar-refractivity contribution in [3.05, 3.63) is 18.2 Å². The topological polar surface area (TPSA) is 17.8 Å². The molecule has 1 aliphatic carbocycles. The van der Waals surface area contributed by atoms with Crippen LogP contribution in [0.1, 0.15) is 32.0 Å². The van der Waals surface area contributed by atoms with Crippen LogP contribution in [0.2, 0.25) is 0 Å². The zero-order valence-electron chi connectivity index (χ0n) is 7.62. The van der Waals surface area contributed by atoms with Crippen LogP contribution in [0.3, 0.4) is 0 Å². The molecular formula is C10H14N2. The highest BCUT2D eigenvalue weighted by Crippen LogP contribution is 2.69. The molecular weight excluding hydrogens is 148 g/mol. The number of aromatic nitrogens is 2. The molecule has 2 heterocycles. The van der Waals surface area contributed by atoms with Crippen molar-refractivity contribution < 1.29 is 0 Å². The molecule has 1 aromatic heterocycles. The van der Waals surface area contributed by atoms with E-state index in [9.17, 15) is 0 Å². The first-order valence-electron chi connectivity index (χ1n) is 4.78. The minimum Gasteiger partial charge on any atom is -0.334 e. The lowest BCUT2D eigenvalue weighted by atomic mass is 10.00. The van der Waals surface area contributed by atoms with Crippen LogP contribution in [0, 0.1) is 11.3 Å². The van der Waals surface area contributed by atoms with E-state index in [0.29, 0.717) is 5.41 Å². The van der Waals surface area contributed by atoms with E-state index in [0.717, 1.165) is 11.8 Å². The maximum absolute atomic E-state index is 4.43. The number of hydrogen-bond acceptors (Lipinski definition) is 1. The van der Waals surface area contributed by atoms with Crippen molar-refractivity contribution in [1.82, 2.24) is 9.55 Å². The van der Waals surface area contributed by atoms with E-state index in [-0.39, 0.29) is 0 Å². The predicted octanol–water partition coefficient (Wildman–Crippen LogP) is 2.03. The van der Waals surface area contributed by atoms with Crippen LogP contribution in [-0.4, -0.2) is 9.55 Å². The van der Waals surface area contributed by atoms with Gasteiger partial charge in [-0.3, -0.25) is 0 Å². The van der Waals surface area contributed by atoms with Crippen LogP contribution in [0.15, 0.2) is 12.4 Å². The molecule has 2 aliphatic rings. The molecule has 0 saturated heterocycles. The molecule has 0 N–H and O–H groups in total. The largest absolute Gasteiger partial charge is 0.334 e. The molecule has 3 atom stereocenters. The summed E-state index contributed by atoms with van der Waals surface area (Å²) in [6, 6.07) is 0. The Morgan fingerprint density at radius 3 is 3.33 bits per heavy atom. The molecule has 12 heavy (non-hydrogen) atoms. The summed E-state index contributed by atoms with van der Waals surface area (Å²) >= 11 is 0. The Labute approximate surface area is 72.6 Å². The first-order chi connectivity index (χ1) is 5.77. The van der Waals surface area contributed by atoms with Gasteiger partial charge in [-0.05, 0) is 17.8 Å². The third kappa shape index (κ3) is 0.530. The summed E-state index contributed by atoms with van der Waals surface area (Å²) in [4.78, 5) is 4.43. The van der Waals surface area contributed by atoms with Crippen molar-refractivity contribution in [3.63, 3.8) is 0 Å². The van der Waals surface area contributed by atoms with Gasteiger partial charge in [-0.1, -0.05) is 13.8 Å². The zero-order chi connectivity index (χ0) is 8.34. The standard InChI is InChI=1S/C10H14N2/c1-3-10(2)7-6-12-5-4-11-9(12)8(7)10/h4-5,7-8H,3,6H2,1-2H3. The van der Waals surface area contributed by atoms with Gasteiger partial charge >= 0.3 is 0 Å². The quantitative estimate of drug-likeness (QED) is 0.617. The molecule has 0 radical (unpaired) electrons. The smallest absolute Gasteiger partial charge is 0.112 e. The third-order valence-corrected chi connectivity index (χ3v) is 4.03.